The first-order valence-corrected chi connectivity index (χ1v) is 7.72. The topological polar surface area (TPSA) is 99.5 Å². The van der Waals surface area contributed by atoms with Crippen molar-refractivity contribution in [3.8, 4) is 17.6 Å². The van der Waals surface area contributed by atoms with Gasteiger partial charge < -0.3 is 10.1 Å². The maximum absolute atomic E-state index is 13.9. The van der Waals surface area contributed by atoms with Crippen LogP contribution in [0.25, 0.3) is 5.57 Å². The molecule has 0 saturated heterocycles. The molecular formula is C17H9F5N6O. The zero-order valence-corrected chi connectivity index (χ0v) is 14.1. The second kappa shape index (κ2) is 7.93. The molecule has 0 unspecified atom stereocenters. The Labute approximate surface area is 159 Å². The zero-order chi connectivity index (χ0) is 21.0. The fourth-order valence-corrected chi connectivity index (χ4v) is 2.14. The first-order valence-electron chi connectivity index (χ1n) is 7.72. The Kier molecular flexibility index (Phi) is 5.40. The van der Waals surface area contributed by atoms with Crippen molar-refractivity contribution in [2.24, 2.45) is 0 Å². The Morgan fingerprint density at radius 2 is 1.79 bits per heavy atom. The van der Waals surface area contributed by atoms with Crippen LogP contribution in [0, 0.1) is 23.0 Å². The molecule has 0 spiro atoms. The minimum atomic E-state index is -4.88. The van der Waals surface area contributed by atoms with Crippen molar-refractivity contribution in [3.63, 3.8) is 0 Å². The van der Waals surface area contributed by atoms with Crippen LogP contribution in [0.4, 0.5) is 27.6 Å². The molecule has 7 nitrogen and oxygen atoms in total. The average Bonchev–Trinajstić information content (AvgIpc) is 3.20. The number of aromatic amines is 1. The molecule has 0 aliphatic carbocycles. The summed E-state index contributed by atoms with van der Waals surface area (Å²) in [5.74, 6) is -3.87. The largest absolute Gasteiger partial charge is 0.451 e. The van der Waals surface area contributed by atoms with Crippen LogP contribution >= 0.6 is 0 Å². The van der Waals surface area contributed by atoms with Gasteiger partial charge in [0.2, 0.25) is 5.82 Å². The molecule has 3 rings (SSSR count). The molecule has 0 amide bonds. The Balaban J connectivity index is 1.74. The van der Waals surface area contributed by atoms with Gasteiger partial charge >= 0.3 is 6.18 Å². The van der Waals surface area contributed by atoms with E-state index in [1.165, 1.54) is 30.5 Å². The number of allylic oxidation sites excluding steroid dienone is 1. The Morgan fingerprint density at radius 3 is 2.31 bits per heavy atom. The van der Waals surface area contributed by atoms with Crippen molar-refractivity contribution in [1.29, 1.82) is 5.26 Å². The van der Waals surface area contributed by atoms with Crippen molar-refractivity contribution < 1.29 is 26.7 Å². The Morgan fingerprint density at radius 1 is 1.14 bits per heavy atom. The van der Waals surface area contributed by atoms with Gasteiger partial charge in [0.25, 0.3) is 0 Å². The van der Waals surface area contributed by atoms with E-state index in [-0.39, 0.29) is 29.3 Å². The predicted octanol–water partition coefficient (Wildman–Crippen LogP) is 4.27. The summed E-state index contributed by atoms with van der Waals surface area (Å²) in [7, 11) is 0. The van der Waals surface area contributed by atoms with Gasteiger partial charge in [0.1, 0.15) is 17.4 Å². The maximum atomic E-state index is 13.9. The highest BCUT2D eigenvalue weighted by Crippen LogP contribution is 2.35. The molecule has 29 heavy (non-hydrogen) atoms. The SMILES string of the molecule is N#CC(=CNc1ccc(Oc2c(F)cc(C(F)(F)F)cc2F)cc1)c1nn[nH]n1. The summed E-state index contributed by atoms with van der Waals surface area (Å²) in [5.41, 5.74) is -0.893. The van der Waals surface area contributed by atoms with E-state index in [9.17, 15) is 22.0 Å². The third-order valence-corrected chi connectivity index (χ3v) is 3.49. The molecule has 0 atom stereocenters. The van der Waals surface area contributed by atoms with E-state index in [4.69, 9.17) is 10.00 Å². The number of halogens is 5. The fraction of sp³-hybridized carbons (Fsp3) is 0.0588. The average molecular weight is 408 g/mol. The van der Waals surface area contributed by atoms with E-state index in [2.05, 4.69) is 25.9 Å². The van der Waals surface area contributed by atoms with Crippen molar-refractivity contribution in [3.05, 3.63) is 65.6 Å². The highest BCUT2D eigenvalue weighted by atomic mass is 19.4. The van der Waals surface area contributed by atoms with Crippen LogP contribution in [-0.2, 0) is 6.18 Å². The molecule has 1 heterocycles. The number of rotatable bonds is 5. The normalized spacial score (nSPS) is 11.8. The van der Waals surface area contributed by atoms with E-state index in [1.54, 1.807) is 0 Å². The summed E-state index contributed by atoms with van der Waals surface area (Å²) in [4.78, 5) is 0. The Bertz CT molecular complexity index is 1050. The van der Waals surface area contributed by atoms with Gasteiger partial charge in [-0.05, 0) is 41.6 Å². The number of alkyl halides is 3. The quantitative estimate of drug-likeness (QED) is 0.483. The molecule has 148 valence electrons. The summed E-state index contributed by atoms with van der Waals surface area (Å²) in [6.45, 7) is 0. The highest BCUT2D eigenvalue weighted by Gasteiger charge is 2.33. The summed E-state index contributed by atoms with van der Waals surface area (Å²) in [6, 6.07) is 7.74. The summed E-state index contributed by atoms with van der Waals surface area (Å²) in [6.07, 6.45) is -3.57. The Hall–Kier alpha value is -4.01. The van der Waals surface area contributed by atoms with Crippen LogP contribution in [0.1, 0.15) is 11.4 Å². The van der Waals surface area contributed by atoms with E-state index in [0.717, 1.165) is 0 Å². The molecule has 3 aromatic rings. The molecule has 0 radical (unpaired) electrons. The van der Waals surface area contributed by atoms with E-state index in [0.29, 0.717) is 5.69 Å². The monoisotopic (exact) mass is 408 g/mol. The van der Waals surface area contributed by atoms with Gasteiger partial charge in [0, 0.05) is 11.9 Å². The second-order valence-corrected chi connectivity index (χ2v) is 5.44. The molecule has 2 N–H and O–H groups in total. The second-order valence-electron chi connectivity index (χ2n) is 5.44. The molecule has 0 saturated carbocycles. The number of nitrogens with zero attached hydrogens (tertiary/aromatic N) is 4. The van der Waals surface area contributed by atoms with Crippen LogP contribution in [0.5, 0.6) is 11.5 Å². The van der Waals surface area contributed by atoms with Gasteiger partial charge in [-0.25, -0.2) is 8.78 Å². The lowest BCUT2D eigenvalue weighted by atomic mass is 10.2. The van der Waals surface area contributed by atoms with Gasteiger partial charge in [-0.1, -0.05) is 0 Å². The number of anilines is 1. The number of H-pyrrole nitrogens is 1. The zero-order valence-electron chi connectivity index (χ0n) is 14.1. The van der Waals surface area contributed by atoms with Crippen LogP contribution in [0.15, 0.2) is 42.6 Å². The van der Waals surface area contributed by atoms with Crippen LogP contribution in [0.3, 0.4) is 0 Å². The first-order chi connectivity index (χ1) is 13.8. The molecule has 12 heteroatoms. The smallest absolute Gasteiger partial charge is 0.416 e. The van der Waals surface area contributed by atoms with Crippen molar-refractivity contribution >= 4 is 11.3 Å². The predicted molar refractivity (Wildman–Crippen MR) is 89.3 cm³/mol. The standard InChI is InChI=1S/C17H9F5N6O/c18-13-5-10(17(20,21)22)6-14(19)15(13)29-12-3-1-11(2-4-12)24-8-9(7-23)16-25-27-28-26-16/h1-6,8,24H,(H,25,26,27,28). The number of ether oxygens (including phenoxy) is 1. The number of nitriles is 1. The summed E-state index contributed by atoms with van der Waals surface area (Å²) < 4.78 is 70.5. The third-order valence-electron chi connectivity index (χ3n) is 3.49. The lowest BCUT2D eigenvalue weighted by molar-refractivity contribution is -0.138. The van der Waals surface area contributed by atoms with Crippen LogP contribution < -0.4 is 10.1 Å². The minimum absolute atomic E-state index is 0.0178. The molecular weight excluding hydrogens is 399 g/mol. The van der Waals surface area contributed by atoms with Crippen LogP contribution in [0.2, 0.25) is 0 Å². The van der Waals surface area contributed by atoms with Crippen LogP contribution in [-0.4, -0.2) is 20.6 Å². The van der Waals surface area contributed by atoms with Crippen molar-refractivity contribution in [2.75, 3.05) is 5.32 Å². The fourth-order valence-electron chi connectivity index (χ4n) is 2.14. The number of hydrogen-bond donors (Lipinski definition) is 2. The number of hydrogen-bond acceptors (Lipinski definition) is 6. The van der Waals surface area contributed by atoms with Crippen molar-refractivity contribution in [2.45, 2.75) is 6.18 Å². The van der Waals surface area contributed by atoms with E-state index in [1.807, 2.05) is 6.07 Å². The third kappa shape index (κ3) is 4.64. The van der Waals surface area contributed by atoms with Crippen molar-refractivity contribution in [1.82, 2.24) is 20.6 Å². The van der Waals surface area contributed by atoms with Gasteiger partial charge in [-0.15, -0.1) is 10.2 Å². The number of tetrazole rings is 1. The summed E-state index contributed by atoms with van der Waals surface area (Å²) >= 11 is 0. The molecule has 1 aromatic heterocycles. The number of benzene rings is 2. The molecule has 0 fully saturated rings. The molecule has 0 aliphatic heterocycles. The summed E-state index contributed by atoms with van der Waals surface area (Å²) in [5, 5.41) is 24.7. The number of nitrogens with one attached hydrogen (secondary N) is 2. The maximum Gasteiger partial charge on any atom is 0.416 e. The minimum Gasteiger partial charge on any atom is -0.451 e. The molecule has 0 bridgehead atoms. The van der Waals surface area contributed by atoms with Gasteiger partial charge in [-0.3, -0.25) is 0 Å². The lowest BCUT2D eigenvalue weighted by Gasteiger charge is -2.12. The highest BCUT2D eigenvalue weighted by molar-refractivity contribution is 5.74. The van der Waals surface area contributed by atoms with E-state index < -0.39 is 29.1 Å². The number of aromatic nitrogens is 4. The molecule has 2 aromatic carbocycles. The van der Waals surface area contributed by atoms with Gasteiger partial charge in [-0.2, -0.15) is 23.6 Å². The van der Waals surface area contributed by atoms with Gasteiger partial charge in [0.15, 0.2) is 17.4 Å². The lowest BCUT2D eigenvalue weighted by Crippen LogP contribution is -2.07. The molecule has 0 aliphatic rings. The first kappa shape index (κ1) is 19.7. The van der Waals surface area contributed by atoms with E-state index >= 15 is 0 Å². The van der Waals surface area contributed by atoms with Gasteiger partial charge in [0.05, 0.1) is 5.56 Å².